The lowest BCUT2D eigenvalue weighted by molar-refractivity contribution is 0.215. The summed E-state index contributed by atoms with van der Waals surface area (Å²) in [5.41, 5.74) is 1.57. The van der Waals surface area contributed by atoms with Gasteiger partial charge < -0.3 is 65.8 Å². The van der Waals surface area contributed by atoms with E-state index in [0.29, 0.717) is 46.2 Å². The van der Waals surface area contributed by atoms with Crippen molar-refractivity contribution >= 4 is 143 Å². The van der Waals surface area contributed by atoms with Gasteiger partial charge in [-0.1, -0.05) is 13.3 Å². The van der Waals surface area contributed by atoms with E-state index < -0.39 is 143 Å². The van der Waals surface area contributed by atoms with Crippen molar-refractivity contribution in [1.29, 1.82) is 0 Å². The fourth-order valence-electron chi connectivity index (χ4n) is 18.0. The first-order valence-electron chi connectivity index (χ1n) is 29.9. The zero-order valence-corrected chi connectivity index (χ0v) is 66.4. The Kier molecular flexibility index (Phi) is 18.9. The molecule has 10 aliphatic rings. The molecule has 75 heavy (non-hydrogen) atoms. The molecule has 432 valence electrons. The quantitative estimate of drug-likeness (QED) is 0.184. The van der Waals surface area contributed by atoms with Gasteiger partial charge in [-0.25, -0.2) is 0 Å². The number of rotatable bonds is 11. The van der Waals surface area contributed by atoms with Crippen molar-refractivity contribution in [2.45, 2.75) is 217 Å². The molecule has 0 N–H and O–H groups in total. The Bertz CT molecular complexity index is 1950. The van der Waals surface area contributed by atoms with Crippen molar-refractivity contribution in [2.75, 3.05) is 0 Å². The van der Waals surface area contributed by atoms with Gasteiger partial charge in [0.2, 0.25) is 0 Å². The summed E-state index contributed by atoms with van der Waals surface area (Å²) in [5.74, 6) is 6.60. The molecule has 6 bridgehead atoms. The van der Waals surface area contributed by atoms with Gasteiger partial charge in [0.25, 0.3) is 46.4 Å². The predicted octanol–water partition coefficient (Wildman–Crippen LogP) is 7.98. The Labute approximate surface area is 475 Å². The van der Waals surface area contributed by atoms with Crippen molar-refractivity contribution < 1.29 is 65.8 Å². The largest absolute Gasteiger partial charge is 0.420 e. The first kappa shape index (κ1) is 60.9. The molecule has 6 saturated carbocycles. The van der Waals surface area contributed by atoms with Crippen LogP contribution in [0.5, 0.6) is 0 Å². The lowest BCUT2D eigenvalue weighted by Crippen LogP contribution is -2.74. The van der Waals surface area contributed by atoms with Crippen LogP contribution in [0.3, 0.4) is 0 Å². The molecule has 0 aromatic heterocycles. The summed E-state index contributed by atoms with van der Waals surface area (Å²) in [6, 6.07) is 2.05. The number of fused-ring (bicyclic) bond motifs is 6. The van der Waals surface area contributed by atoms with E-state index in [1.54, 1.807) is 0 Å². The zero-order valence-electron chi connectivity index (χ0n) is 49.1. The van der Waals surface area contributed by atoms with E-state index in [2.05, 4.69) is 112 Å². The van der Waals surface area contributed by atoms with Gasteiger partial charge in [-0.2, -0.15) is 0 Å². The summed E-state index contributed by atoms with van der Waals surface area (Å²) in [6.45, 7) is 37.9. The molecule has 4 heterocycles. The standard InChI is InChI=1S/C43H100O16Si16/c1-18-32-23-38-26-35(32)29-41(38)71(13)50-63(5)46-69(11,47-64(6)51-71)21-19-33-24-39-27-36(33)30-42(39)72(14)52-65(7)48-70(12,49-66(8)53-72)22-20-34-25-40-28-37(34)31-43(40)73(15)54-67(9)58-75(17,59-68(10)55-73)74(16)56-61(3)44-60(2)45-62(4)57-74/h32-43,60-68H,18-31H2,1-17H3. The topological polar surface area (TPSA) is 148 Å². The van der Waals surface area contributed by atoms with Crippen LogP contribution in [0.2, 0.25) is 133 Å². The van der Waals surface area contributed by atoms with Crippen molar-refractivity contribution in [3.05, 3.63) is 0 Å². The van der Waals surface area contributed by atoms with Crippen molar-refractivity contribution in [2.24, 2.45) is 53.3 Å². The number of hydrogen-bond acceptors (Lipinski definition) is 16. The smallest absolute Gasteiger partial charge is 0.361 e. The molecule has 4 saturated heterocycles. The third kappa shape index (κ3) is 13.0. The van der Waals surface area contributed by atoms with E-state index in [9.17, 15) is 0 Å². The molecular weight excluding hydrogens is 1220 g/mol. The lowest BCUT2D eigenvalue weighted by Gasteiger charge is -2.50. The average molecular weight is 1320 g/mol. The highest BCUT2D eigenvalue weighted by molar-refractivity contribution is 7.35. The monoisotopic (exact) mass is 1320 g/mol. The summed E-state index contributed by atoms with van der Waals surface area (Å²) < 4.78 is 112. The van der Waals surface area contributed by atoms with Gasteiger partial charge >= 0.3 is 96.1 Å². The van der Waals surface area contributed by atoms with E-state index in [1.807, 2.05) is 0 Å². The van der Waals surface area contributed by atoms with E-state index in [-0.39, 0.29) is 0 Å². The van der Waals surface area contributed by atoms with Crippen LogP contribution in [-0.2, 0) is 65.8 Å². The molecule has 6 aliphatic carbocycles. The van der Waals surface area contributed by atoms with Crippen LogP contribution in [0.4, 0.5) is 0 Å². The van der Waals surface area contributed by atoms with Crippen LogP contribution in [0.25, 0.3) is 0 Å². The zero-order chi connectivity index (χ0) is 53.8. The van der Waals surface area contributed by atoms with Crippen molar-refractivity contribution in [1.82, 2.24) is 0 Å². The van der Waals surface area contributed by atoms with Crippen LogP contribution in [0.1, 0.15) is 84.0 Å². The highest BCUT2D eigenvalue weighted by Gasteiger charge is 2.66. The van der Waals surface area contributed by atoms with Gasteiger partial charge in [0.1, 0.15) is 0 Å². The molecule has 0 radical (unpaired) electrons. The summed E-state index contributed by atoms with van der Waals surface area (Å²) >= 11 is 0. The molecule has 0 spiro atoms. The third-order valence-corrected chi connectivity index (χ3v) is 91.2. The molecule has 4 aliphatic heterocycles. The van der Waals surface area contributed by atoms with Crippen LogP contribution < -0.4 is 0 Å². The van der Waals surface area contributed by atoms with Crippen LogP contribution in [-0.4, -0.2) is 143 Å². The minimum Gasteiger partial charge on any atom is -0.420 e. The van der Waals surface area contributed by atoms with Gasteiger partial charge in [0.15, 0.2) is 0 Å². The summed E-state index contributed by atoms with van der Waals surface area (Å²) in [4.78, 5) is 0. The molecular formula is C43H100O16Si16. The van der Waals surface area contributed by atoms with Gasteiger partial charge in [-0.05, 0) is 241 Å². The molecule has 0 aromatic rings. The molecule has 10 fully saturated rings. The summed E-state index contributed by atoms with van der Waals surface area (Å²) in [5, 5.41) is 0. The Morgan fingerprint density at radius 3 is 0.867 bits per heavy atom. The van der Waals surface area contributed by atoms with Crippen molar-refractivity contribution in [3.8, 4) is 0 Å². The second-order valence-corrected chi connectivity index (χ2v) is 75.2. The highest BCUT2D eigenvalue weighted by atomic mass is 29.3. The highest BCUT2D eigenvalue weighted by Crippen LogP contribution is 2.63. The average Bonchev–Trinajstić information content (AvgIpc) is 4.15. The number of hydrogen-bond donors (Lipinski definition) is 0. The SMILES string of the molecule is CCC1CC2CC1CC2[Si]1(C)O[SiH](C)O[Si](C)(CCC2CC3CC2CC3[Si]2(C)O[SiH](C)O[Si](C)(CCC3CC4CC3CC4[Si]3(C)O[SiH](C)O[Si](C)([Si]4(C)O[SiH](C)O[SiH](C)O[SiH](C)O4)O[SiH](C)O3)O[SiH](C)O2)O[SiH](C)O1. The normalized spacial score (nSPS) is 57.6. The van der Waals surface area contributed by atoms with E-state index in [4.69, 9.17) is 65.8 Å². The molecule has 20 unspecified atom stereocenters. The van der Waals surface area contributed by atoms with Gasteiger partial charge in [0.05, 0.1) is 0 Å². The van der Waals surface area contributed by atoms with Crippen LogP contribution in [0, 0.1) is 53.3 Å². The van der Waals surface area contributed by atoms with Gasteiger partial charge in [-0.3, -0.25) is 0 Å². The van der Waals surface area contributed by atoms with E-state index >= 15 is 0 Å². The second-order valence-electron chi connectivity index (χ2n) is 26.5. The Hall–Kier alpha value is 2.83. The Balaban J connectivity index is 0.687. The fraction of sp³-hybridized carbons (Fsp3) is 1.00. The van der Waals surface area contributed by atoms with Crippen molar-refractivity contribution in [3.63, 3.8) is 0 Å². The Morgan fingerprint density at radius 1 is 0.307 bits per heavy atom. The predicted molar refractivity (Wildman–Crippen MR) is 329 cm³/mol. The molecule has 20 atom stereocenters. The molecule has 16 nitrogen and oxygen atoms in total. The first-order chi connectivity index (χ1) is 35.1. The van der Waals surface area contributed by atoms with Gasteiger partial charge in [-0.15, -0.1) is 0 Å². The molecule has 32 heteroatoms. The maximum absolute atomic E-state index is 7.27. The minimum atomic E-state index is -2.98. The maximum atomic E-state index is 7.27. The van der Waals surface area contributed by atoms with Crippen LogP contribution in [0.15, 0.2) is 0 Å². The maximum Gasteiger partial charge on any atom is 0.361 e. The second kappa shape index (κ2) is 23.3. The first-order valence-corrected chi connectivity index (χ1v) is 66.6. The van der Waals surface area contributed by atoms with Crippen LogP contribution >= 0.6 is 0 Å². The third-order valence-electron chi connectivity index (χ3n) is 20.7. The minimum absolute atomic E-state index is 0.451. The van der Waals surface area contributed by atoms with E-state index in [1.165, 1.54) is 70.6 Å². The summed E-state index contributed by atoms with van der Waals surface area (Å²) in [7, 11) is -36.3. The molecule has 10 rings (SSSR count). The summed E-state index contributed by atoms with van der Waals surface area (Å²) in [6.07, 6.45) is 15.2. The molecule has 0 amide bonds. The fourth-order valence-corrected chi connectivity index (χ4v) is 101. The van der Waals surface area contributed by atoms with E-state index in [0.717, 1.165) is 42.2 Å². The Morgan fingerprint density at radius 2 is 0.587 bits per heavy atom. The molecule has 0 aromatic carbocycles. The van der Waals surface area contributed by atoms with Gasteiger partial charge in [0, 0.05) is 16.6 Å². The lowest BCUT2D eigenvalue weighted by atomic mass is 9.86.